The van der Waals surface area contributed by atoms with Gasteiger partial charge in [0.05, 0.1) is 11.5 Å². The summed E-state index contributed by atoms with van der Waals surface area (Å²) in [5.74, 6) is 0.741. The second kappa shape index (κ2) is 5.60. The van der Waals surface area contributed by atoms with Crippen molar-refractivity contribution < 1.29 is 4.79 Å². The largest absolute Gasteiger partial charge is 0.346 e. The quantitative estimate of drug-likeness (QED) is 0.792. The molecule has 0 spiro atoms. The van der Waals surface area contributed by atoms with Gasteiger partial charge in [-0.1, -0.05) is 29.8 Å². The maximum Gasteiger partial charge on any atom is 0.231 e. The minimum atomic E-state index is -0.459. The first kappa shape index (κ1) is 15.1. The summed E-state index contributed by atoms with van der Waals surface area (Å²) in [6, 6.07) is 13.1. The van der Waals surface area contributed by atoms with Gasteiger partial charge in [-0.05, 0) is 49.6 Å². The average molecular weight is 341 g/mol. The number of nitrogens with zero attached hydrogens (tertiary/aromatic N) is 3. The molecule has 24 heavy (non-hydrogen) atoms. The van der Waals surface area contributed by atoms with E-state index in [0.29, 0.717) is 5.02 Å². The number of aromatic nitrogens is 3. The van der Waals surface area contributed by atoms with E-state index >= 15 is 0 Å². The van der Waals surface area contributed by atoms with Crippen molar-refractivity contribution >= 4 is 23.2 Å². The lowest BCUT2D eigenvalue weighted by Gasteiger charge is -2.19. The van der Waals surface area contributed by atoms with Crippen LogP contribution in [0.4, 0.5) is 0 Å². The van der Waals surface area contributed by atoms with Gasteiger partial charge in [0.2, 0.25) is 5.91 Å². The van der Waals surface area contributed by atoms with Crippen molar-refractivity contribution in [2.45, 2.75) is 31.2 Å². The average Bonchev–Trinajstić information content (AvgIpc) is 3.28. The number of rotatable bonds is 4. The van der Waals surface area contributed by atoms with Crippen molar-refractivity contribution in [3.63, 3.8) is 0 Å². The highest BCUT2D eigenvalue weighted by Gasteiger charge is 2.51. The van der Waals surface area contributed by atoms with Crippen LogP contribution in [0.25, 0.3) is 5.65 Å². The molecule has 4 rings (SSSR count). The lowest BCUT2D eigenvalue weighted by molar-refractivity contribution is -0.124. The highest BCUT2D eigenvalue weighted by Crippen LogP contribution is 2.49. The standard InChI is InChI=1S/C18H17ClN4O/c1-12(16-22-21-15-7-2-3-10-23(15)16)20-17(24)18(8-9-18)13-5-4-6-14(19)11-13/h2-7,10-12H,8-9H2,1H3,(H,20,24)/t12-/m0/s1. The summed E-state index contributed by atoms with van der Waals surface area (Å²) in [5, 5.41) is 12.1. The number of halogens is 1. The maximum atomic E-state index is 12.9. The Labute approximate surface area is 144 Å². The van der Waals surface area contributed by atoms with Crippen LogP contribution in [0.2, 0.25) is 5.02 Å². The Morgan fingerprint density at radius 3 is 2.83 bits per heavy atom. The summed E-state index contributed by atoms with van der Waals surface area (Å²) >= 11 is 6.08. The summed E-state index contributed by atoms with van der Waals surface area (Å²) in [5.41, 5.74) is 1.29. The molecule has 1 aliphatic rings. The zero-order valence-corrected chi connectivity index (χ0v) is 14.0. The molecule has 0 unspecified atom stereocenters. The molecule has 1 N–H and O–H groups in total. The van der Waals surface area contributed by atoms with Gasteiger partial charge in [-0.25, -0.2) is 0 Å². The Balaban J connectivity index is 1.58. The van der Waals surface area contributed by atoms with E-state index in [4.69, 9.17) is 11.6 Å². The first-order valence-corrected chi connectivity index (χ1v) is 8.35. The van der Waals surface area contributed by atoms with E-state index in [1.165, 1.54) is 0 Å². The number of hydrogen-bond acceptors (Lipinski definition) is 3. The Hall–Kier alpha value is -2.40. The van der Waals surface area contributed by atoms with Gasteiger partial charge >= 0.3 is 0 Å². The van der Waals surface area contributed by atoms with E-state index in [9.17, 15) is 4.79 Å². The zero-order chi connectivity index (χ0) is 16.7. The van der Waals surface area contributed by atoms with Gasteiger partial charge in [0, 0.05) is 11.2 Å². The molecule has 3 aromatic rings. The van der Waals surface area contributed by atoms with E-state index in [2.05, 4.69) is 15.5 Å². The van der Waals surface area contributed by atoms with E-state index < -0.39 is 5.41 Å². The highest BCUT2D eigenvalue weighted by molar-refractivity contribution is 6.30. The van der Waals surface area contributed by atoms with Crippen LogP contribution in [-0.4, -0.2) is 20.5 Å². The Morgan fingerprint density at radius 2 is 2.08 bits per heavy atom. The molecule has 1 aromatic carbocycles. The fraction of sp³-hybridized carbons (Fsp3) is 0.278. The van der Waals surface area contributed by atoms with Gasteiger partial charge in [-0.15, -0.1) is 10.2 Å². The van der Waals surface area contributed by atoms with Crippen molar-refractivity contribution in [1.29, 1.82) is 0 Å². The predicted octanol–water partition coefficient (Wildman–Crippen LogP) is 3.29. The van der Waals surface area contributed by atoms with Crippen molar-refractivity contribution in [2.24, 2.45) is 0 Å². The number of carbonyl (C=O) groups excluding carboxylic acids is 1. The number of nitrogens with one attached hydrogen (secondary N) is 1. The van der Waals surface area contributed by atoms with Gasteiger partial charge < -0.3 is 5.32 Å². The van der Waals surface area contributed by atoms with Crippen LogP contribution in [-0.2, 0) is 10.2 Å². The lowest BCUT2D eigenvalue weighted by Crippen LogP contribution is -2.37. The Morgan fingerprint density at radius 1 is 1.25 bits per heavy atom. The molecule has 6 heteroatoms. The van der Waals surface area contributed by atoms with Crippen LogP contribution >= 0.6 is 11.6 Å². The molecule has 0 radical (unpaired) electrons. The van der Waals surface area contributed by atoms with Crippen molar-refractivity contribution in [2.75, 3.05) is 0 Å². The highest BCUT2D eigenvalue weighted by atomic mass is 35.5. The molecule has 122 valence electrons. The van der Waals surface area contributed by atoms with E-state index in [1.54, 1.807) is 0 Å². The molecule has 2 heterocycles. The van der Waals surface area contributed by atoms with Crippen molar-refractivity contribution in [1.82, 2.24) is 19.9 Å². The number of hydrogen-bond donors (Lipinski definition) is 1. The number of amides is 1. The second-order valence-corrected chi connectivity index (χ2v) is 6.71. The second-order valence-electron chi connectivity index (χ2n) is 6.27. The normalized spacial score (nSPS) is 16.8. The molecule has 1 atom stereocenters. The first-order valence-electron chi connectivity index (χ1n) is 7.97. The van der Waals surface area contributed by atoms with Gasteiger partial charge in [0.25, 0.3) is 0 Å². The number of pyridine rings is 1. The molecule has 0 aliphatic heterocycles. The van der Waals surface area contributed by atoms with Gasteiger partial charge in [-0.2, -0.15) is 0 Å². The molecule has 1 fully saturated rings. The topological polar surface area (TPSA) is 59.3 Å². The molecular formula is C18H17ClN4O. The monoisotopic (exact) mass is 340 g/mol. The van der Waals surface area contributed by atoms with Crippen LogP contribution in [0.3, 0.4) is 0 Å². The maximum absolute atomic E-state index is 12.9. The molecule has 2 aromatic heterocycles. The number of carbonyl (C=O) groups is 1. The van der Waals surface area contributed by atoms with Crippen LogP contribution in [0.15, 0.2) is 48.7 Å². The predicted molar refractivity (Wildman–Crippen MR) is 91.9 cm³/mol. The van der Waals surface area contributed by atoms with Gasteiger partial charge in [-0.3, -0.25) is 9.20 Å². The number of benzene rings is 1. The molecule has 1 saturated carbocycles. The van der Waals surface area contributed by atoms with Gasteiger partial charge in [0.1, 0.15) is 0 Å². The van der Waals surface area contributed by atoms with E-state index in [-0.39, 0.29) is 11.9 Å². The van der Waals surface area contributed by atoms with Gasteiger partial charge in [0.15, 0.2) is 11.5 Å². The zero-order valence-electron chi connectivity index (χ0n) is 13.2. The minimum absolute atomic E-state index is 0.0185. The Bertz CT molecular complexity index is 916. The third kappa shape index (κ3) is 2.45. The summed E-state index contributed by atoms with van der Waals surface area (Å²) in [7, 11) is 0. The molecule has 1 aliphatic carbocycles. The smallest absolute Gasteiger partial charge is 0.231 e. The lowest BCUT2D eigenvalue weighted by atomic mass is 9.94. The number of fused-ring (bicyclic) bond motifs is 1. The fourth-order valence-corrected chi connectivity index (χ4v) is 3.30. The van der Waals surface area contributed by atoms with Crippen LogP contribution in [0.5, 0.6) is 0 Å². The van der Waals surface area contributed by atoms with Crippen LogP contribution in [0.1, 0.15) is 37.2 Å². The van der Waals surface area contributed by atoms with Crippen molar-refractivity contribution in [3.8, 4) is 0 Å². The van der Waals surface area contributed by atoms with E-state index in [1.807, 2.05) is 60.0 Å². The van der Waals surface area contributed by atoms with E-state index in [0.717, 1.165) is 29.9 Å². The van der Waals surface area contributed by atoms with Crippen LogP contribution < -0.4 is 5.32 Å². The third-order valence-corrected chi connectivity index (χ3v) is 4.87. The molecule has 1 amide bonds. The summed E-state index contributed by atoms with van der Waals surface area (Å²) in [4.78, 5) is 12.9. The summed E-state index contributed by atoms with van der Waals surface area (Å²) < 4.78 is 1.89. The molecule has 0 bridgehead atoms. The van der Waals surface area contributed by atoms with Crippen molar-refractivity contribution in [3.05, 3.63) is 65.1 Å². The Kier molecular flexibility index (Phi) is 3.53. The third-order valence-electron chi connectivity index (χ3n) is 4.64. The molecule has 0 saturated heterocycles. The first-order chi connectivity index (χ1) is 11.6. The molecule has 5 nitrogen and oxygen atoms in total. The van der Waals surface area contributed by atoms with Crippen LogP contribution in [0, 0.1) is 0 Å². The summed E-state index contributed by atoms with van der Waals surface area (Å²) in [6.07, 6.45) is 3.58. The summed E-state index contributed by atoms with van der Waals surface area (Å²) in [6.45, 7) is 1.93. The molecular weight excluding hydrogens is 324 g/mol. The fourth-order valence-electron chi connectivity index (χ4n) is 3.11. The minimum Gasteiger partial charge on any atom is -0.346 e. The SMILES string of the molecule is C[C@H](NC(=O)C1(c2cccc(Cl)c2)CC1)c1nnc2ccccn12.